The summed E-state index contributed by atoms with van der Waals surface area (Å²) in [4.78, 5) is 0. The molecule has 1 aromatic rings. The molecule has 1 heterocycles. The molecule has 1 saturated heterocycles. The van der Waals surface area contributed by atoms with Gasteiger partial charge in [0.1, 0.15) is 0 Å². The molecule has 2 nitrogen and oxygen atoms in total. The number of nitrogens with one attached hydrogen (secondary N) is 2. The zero-order valence-corrected chi connectivity index (χ0v) is 7.09. The van der Waals surface area contributed by atoms with Crippen molar-refractivity contribution >= 4 is 0 Å². The molecule has 0 bridgehead atoms. The summed E-state index contributed by atoms with van der Waals surface area (Å²) in [5.74, 6) is 0. The second-order valence-electron chi connectivity index (χ2n) is 3.13. The molecule has 0 spiro atoms. The van der Waals surface area contributed by atoms with E-state index in [9.17, 15) is 0 Å². The van der Waals surface area contributed by atoms with E-state index in [2.05, 4.69) is 41.0 Å². The average molecular weight is 162 g/mol. The lowest BCUT2D eigenvalue weighted by Gasteiger charge is -2.24. The Balaban J connectivity index is 2.08. The molecule has 1 aliphatic heterocycles. The van der Waals surface area contributed by atoms with E-state index in [0.717, 1.165) is 13.2 Å². The van der Waals surface area contributed by atoms with Crippen molar-refractivity contribution in [1.82, 2.24) is 10.6 Å². The monoisotopic (exact) mass is 162 g/mol. The van der Waals surface area contributed by atoms with Gasteiger partial charge in [0.25, 0.3) is 0 Å². The Morgan fingerprint density at radius 3 is 2.67 bits per heavy atom. The van der Waals surface area contributed by atoms with Crippen molar-refractivity contribution in [2.24, 2.45) is 0 Å². The Morgan fingerprint density at radius 2 is 2.00 bits per heavy atom. The summed E-state index contributed by atoms with van der Waals surface area (Å²) in [7, 11) is 0. The number of rotatable bonds is 1. The first-order valence-corrected chi connectivity index (χ1v) is 4.46. The predicted molar refractivity (Wildman–Crippen MR) is 49.8 cm³/mol. The molecule has 0 amide bonds. The van der Waals surface area contributed by atoms with Gasteiger partial charge >= 0.3 is 0 Å². The first kappa shape index (κ1) is 7.77. The van der Waals surface area contributed by atoms with Gasteiger partial charge in [-0.15, -0.1) is 0 Å². The van der Waals surface area contributed by atoms with Crippen molar-refractivity contribution < 1.29 is 0 Å². The maximum atomic E-state index is 3.42. The van der Waals surface area contributed by atoms with Crippen LogP contribution in [0, 0.1) is 0 Å². The second kappa shape index (κ2) is 3.70. The van der Waals surface area contributed by atoms with Crippen LogP contribution in [0.5, 0.6) is 0 Å². The van der Waals surface area contributed by atoms with Crippen LogP contribution in [0.2, 0.25) is 0 Å². The van der Waals surface area contributed by atoms with E-state index in [0.29, 0.717) is 6.04 Å². The molecule has 1 atom stereocenters. The molecular weight excluding hydrogens is 148 g/mol. The Labute approximate surface area is 73.0 Å². The normalized spacial score (nSPS) is 23.8. The van der Waals surface area contributed by atoms with Gasteiger partial charge in [0.2, 0.25) is 0 Å². The maximum absolute atomic E-state index is 3.42. The van der Waals surface area contributed by atoms with Crippen LogP contribution in [0.1, 0.15) is 18.0 Å². The van der Waals surface area contributed by atoms with Gasteiger partial charge < -0.3 is 5.32 Å². The fourth-order valence-electron chi connectivity index (χ4n) is 1.60. The van der Waals surface area contributed by atoms with E-state index in [1.54, 1.807) is 0 Å². The van der Waals surface area contributed by atoms with Gasteiger partial charge in [0.15, 0.2) is 0 Å². The van der Waals surface area contributed by atoms with Gasteiger partial charge in [-0.25, -0.2) is 0 Å². The highest BCUT2D eigenvalue weighted by Gasteiger charge is 2.12. The highest BCUT2D eigenvalue weighted by Crippen LogP contribution is 2.16. The van der Waals surface area contributed by atoms with Crippen LogP contribution in [0.3, 0.4) is 0 Å². The Hall–Kier alpha value is -0.860. The first-order valence-electron chi connectivity index (χ1n) is 4.46. The SMILES string of the molecule is c1ccc(C2CCNCN2)cc1. The van der Waals surface area contributed by atoms with Crippen molar-refractivity contribution in [2.45, 2.75) is 12.5 Å². The number of hydrogen-bond acceptors (Lipinski definition) is 2. The van der Waals surface area contributed by atoms with E-state index in [1.165, 1.54) is 12.0 Å². The first-order chi connectivity index (χ1) is 5.97. The van der Waals surface area contributed by atoms with Crippen molar-refractivity contribution in [3.63, 3.8) is 0 Å². The third kappa shape index (κ3) is 1.65. The van der Waals surface area contributed by atoms with Gasteiger partial charge in [0, 0.05) is 12.7 Å². The minimum absolute atomic E-state index is 0.549. The lowest BCUT2D eigenvalue weighted by atomic mass is 10.0. The Morgan fingerprint density at radius 1 is 1.17 bits per heavy atom. The number of hydrogen-bond donors (Lipinski definition) is 2. The lowest BCUT2D eigenvalue weighted by Crippen LogP contribution is -2.39. The second-order valence-corrected chi connectivity index (χ2v) is 3.13. The van der Waals surface area contributed by atoms with Gasteiger partial charge in [-0.2, -0.15) is 0 Å². The van der Waals surface area contributed by atoms with E-state index < -0.39 is 0 Å². The molecule has 2 heteroatoms. The zero-order valence-electron chi connectivity index (χ0n) is 7.09. The minimum Gasteiger partial charge on any atom is -0.304 e. The van der Waals surface area contributed by atoms with Crippen molar-refractivity contribution in [2.75, 3.05) is 13.2 Å². The van der Waals surface area contributed by atoms with Gasteiger partial charge in [-0.3, -0.25) is 5.32 Å². The molecule has 0 saturated carbocycles. The summed E-state index contributed by atoms with van der Waals surface area (Å²) in [6.07, 6.45) is 1.18. The molecule has 2 rings (SSSR count). The van der Waals surface area contributed by atoms with Crippen molar-refractivity contribution in [3.05, 3.63) is 35.9 Å². The van der Waals surface area contributed by atoms with Crippen LogP contribution in [0.25, 0.3) is 0 Å². The highest BCUT2D eigenvalue weighted by molar-refractivity contribution is 5.19. The van der Waals surface area contributed by atoms with E-state index >= 15 is 0 Å². The van der Waals surface area contributed by atoms with Gasteiger partial charge in [-0.05, 0) is 18.5 Å². The summed E-state index contributed by atoms with van der Waals surface area (Å²) in [6, 6.07) is 11.2. The highest BCUT2D eigenvalue weighted by atomic mass is 15.1. The predicted octanol–water partition coefficient (Wildman–Crippen LogP) is 1.27. The summed E-state index contributed by atoms with van der Waals surface area (Å²) in [5.41, 5.74) is 1.40. The van der Waals surface area contributed by atoms with Crippen LogP contribution in [0.4, 0.5) is 0 Å². The molecule has 0 aliphatic carbocycles. The molecule has 1 unspecified atom stereocenters. The molecule has 1 fully saturated rings. The van der Waals surface area contributed by atoms with Crippen LogP contribution < -0.4 is 10.6 Å². The van der Waals surface area contributed by atoms with Gasteiger partial charge in [0.05, 0.1) is 0 Å². The summed E-state index contributed by atoms with van der Waals surface area (Å²) >= 11 is 0. The van der Waals surface area contributed by atoms with Crippen LogP contribution in [0.15, 0.2) is 30.3 Å². The summed E-state index contributed by atoms with van der Waals surface area (Å²) in [5, 5.41) is 6.70. The molecule has 0 radical (unpaired) electrons. The average Bonchev–Trinajstić information content (AvgIpc) is 2.21. The van der Waals surface area contributed by atoms with Crippen LogP contribution in [-0.4, -0.2) is 13.2 Å². The quantitative estimate of drug-likeness (QED) is 0.649. The largest absolute Gasteiger partial charge is 0.304 e. The standard InChI is InChI=1S/C10H14N2/c1-2-4-9(5-3-1)10-6-7-11-8-12-10/h1-5,10-12H,6-8H2. The molecule has 1 aromatic carbocycles. The van der Waals surface area contributed by atoms with Crippen molar-refractivity contribution in [1.29, 1.82) is 0 Å². The molecule has 0 aromatic heterocycles. The molecule has 64 valence electrons. The maximum Gasteiger partial charge on any atom is 0.0459 e. The third-order valence-electron chi connectivity index (χ3n) is 2.29. The lowest BCUT2D eigenvalue weighted by molar-refractivity contribution is 0.398. The van der Waals surface area contributed by atoms with Crippen LogP contribution >= 0.6 is 0 Å². The summed E-state index contributed by atoms with van der Waals surface area (Å²) in [6.45, 7) is 2.05. The smallest absolute Gasteiger partial charge is 0.0459 e. The van der Waals surface area contributed by atoms with E-state index in [4.69, 9.17) is 0 Å². The van der Waals surface area contributed by atoms with E-state index in [1.807, 2.05) is 0 Å². The summed E-state index contributed by atoms with van der Waals surface area (Å²) < 4.78 is 0. The number of benzene rings is 1. The molecular formula is C10H14N2. The fraction of sp³-hybridized carbons (Fsp3) is 0.400. The third-order valence-corrected chi connectivity index (χ3v) is 2.29. The molecule has 12 heavy (non-hydrogen) atoms. The topological polar surface area (TPSA) is 24.1 Å². The Kier molecular flexibility index (Phi) is 2.39. The van der Waals surface area contributed by atoms with Crippen molar-refractivity contribution in [3.8, 4) is 0 Å². The fourth-order valence-corrected chi connectivity index (χ4v) is 1.60. The molecule has 1 aliphatic rings. The Bertz CT molecular complexity index is 227. The van der Waals surface area contributed by atoms with Crippen LogP contribution in [-0.2, 0) is 0 Å². The van der Waals surface area contributed by atoms with E-state index in [-0.39, 0.29) is 0 Å². The zero-order chi connectivity index (χ0) is 8.23. The molecule has 2 N–H and O–H groups in total. The minimum atomic E-state index is 0.549. The van der Waals surface area contributed by atoms with Gasteiger partial charge in [-0.1, -0.05) is 30.3 Å².